The molecule has 21 heavy (non-hydrogen) atoms. The Labute approximate surface area is 127 Å². The van der Waals surface area contributed by atoms with E-state index in [2.05, 4.69) is 4.28 Å². The highest BCUT2D eigenvalue weighted by Crippen LogP contribution is 2.31. The third-order valence-corrected chi connectivity index (χ3v) is 4.73. The Kier molecular flexibility index (Phi) is 6.32. The van der Waals surface area contributed by atoms with Gasteiger partial charge in [-0.25, -0.2) is 0 Å². The molecule has 0 radical (unpaired) electrons. The minimum absolute atomic E-state index is 0.276. The van der Waals surface area contributed by atoms with Crippen molar-refractivity contribution in [3.05, 3.63) is 0 Å². The quantitative estimate of drug-likeness (QED) is 0.625. The molecule has 1 saturated heterocycles. The van der Waals surface area contributed by atoms with E-state index >= 15 is 0 Å². The number of hydrogen-bond donors (Lipinski definition) is 1. The highest BCUT2D eigenvalue weighted by molar-refractivity contribution is 7.74. The molecule has 3 atom stereocenters. The lowest BCUT2D eigenvalue weighted by Crippen LogP contribution is -2.41. The molecular formula is C14H23NO5S. The molecule has 2 amide bonds. The van der Waals surface area contributed by atoms with Gasteiger partial charge in [-0.1, -0.05) is 38.5 Å². The molecule has 6 nitrogen and oxygen atoms in total. The van der Waals surface area contributed by atoms with Crippen molar-refractivity contribution in [1.82, 2.24) is 5.06 Å². The smallest absolute Gasteiger partial charge is 0.282 e. The zero-order chi connectivity index (χ0) is 15.2. The summed E-state index contributed by atoms with van der Waals surface area (Å²) in [7, 11) is 0. The molecular weight excluding hydrogens is 294 g/mol. The summed E-state index contributed by atoms with van der Waals surface area (Å²) in [4.78, 5) is 24.8. The molecule has 0 aromatic rings. The molecule has 2 rings (SSSR count). The Bertz CT molecular complexity index is 384. The van der Waals surface area contributed by atoms with Gasteiger partial charge in [-0.05, 0) is 25.7 Å². The van der Waals surface area contributed by atoms with Gasteiger partial charge in [0.2, 0.25) is 0 Å². The predicted molar refractivity (Wildman–Crippen MR) is 76.9 cm³/mol. The van der Waals surface area contributed by atoms with E-state index in [0.29, 0.717) is 17.9 Å². The Balaban J connectivity index is 2.18. The molecule has 2 bridgehead atoms. The molecule has 2 fully saturated rings. The Morgan fingerprint density at radius 3 is 1.71 bits per heavy atom. The van der Waals surface area contributed by atoms with Gasteiger partial charge < -0.3 is 0 Å². The summed E-state index contributed by atoms with van der Waals surface area (Å²) in [5.74, 6) is -1.46. The van der Waals surface area contributed by atoms with Gasteiger partial charge in [0.15, 0.2) is 0 Å². The number of nitrogens with zero attached hydrogens (tertiary/aromatic N) is 1. The van der Waals surface area contributed by atoms with Crippen LogP contribution in [0.3, 0.4) is 0 Å². The summed E-state index contributed by atoms with van der Waals surface area (Å²) in [5.41, 5.74) is 0. The number of hydroxylamine groups is 2. The van der Waals surface area contributed by atoms with Crippen molar-refractivity contribution in [2.24, 2.45) is 11.8 Å². The molecule has 0 aromatic heterocycles. The average Bonchev–Trinajstić information content (AvgIpc) is 2.52. The third kappa shape index (κ3) is 4.59. The van der Waals surface area contributed by atoms with Crippen molar-refractivity contribution in [1.29, 1.82) is 0 Å². The lowest BCUT2D eigenvalue weighted by molar-refractivity contribution is -0.175. The SMILES string of the molecule is O=C1C2CCCCCCCC[C@@H](CC2)C(=O)N1OS(=O)O. The van der Waals surface area contributed by atoms with Crippen molar-refractivity contribution in [3.8, 4) is 0 Å². The molecule has 7 heteroatoms. The highest BCUT2D eigenvalue weighted by atomic mass is 32.2. The van der Waals surface area contributed by atoms with Crippen LogP contribution in [0.1, 0.15) is 64.2 Å². The zero-order valence-corrected chi connectivity index (χ0v) is 13.0. The highest BCUT2D eigenvalue weighted by Gasteiger charge is 2.39. The minimum atomic E-state index is -2.66. The predicted octanol–water partition coefficient (Wildman–Crippen LogP) is 2.57. The fourth-order valence-electron chi connectivity index (χ4n) is 3.25. The fourth-order valence-corrected chi connectivity index (χ4v) is 3.53. The fraction of sp³-hybridized carbons (Fsp3) is 0.857. The zero-order valence-electron chi connectivity index (χ0n) is 12.2. The molecule has 1 saturated carbocycles. The third-order valence-electron chi connectivity index (χ3n) is 4.46. The normalized spacial score (nSPS) is 30.4. The Hall–Kier alpha value is -0.790. The second-order valence-electron chi connectivity index (χ2n) is 5.93. The topological polar surface area (TPSA) is 83.9 Å². The van der Waals surface area contributed by atoms with Gasteiger partial charge in [0.25, 0.3) is 11.8 Å². The number of fused-ring (bicyclic) bond motifs is 3. The van der Waals surface area contributed by atoms with Crippen LogP contribution >= 0.6 is 0 Å². The number of hydrogen-bond acceptors (Lipinski definition) is 4. The van der Waals surface area contributed by atoms with Crippen molar-refractivity contribution in [2.75, 3.05) is 0 Å². The monoisotopic (exact) mass is 317 g/mol. The first-order valence-electron chi connectivity index (χ1n) is 7.76. The lowest BCUT2D eigenvalue weighted by atomic mass is 9.89. The number of rotatable bonds is 2. The van der Waals surface area contributed by atoms with Gasteiger partial charge in [-0.15, -0.1) is 9.35 Å². The van der Waals surface area contributed by atoms with E-state index in [-0.39, 0.29) is 11.8 Å². The molecule has 0 aromatic carbocycles. The standard InChI is InChI=1S/C14H23NO5S/c16-13-11-7-5-3-1-2-4-6-8-12(10-9-11)14(17)15(13)20-21(18)19/h11-12H,1-10H2,(H,18,19)/t11-,12?/m0/s1. The van der Waals surface area contributed by atoms with Gasteiger partial charge >= 0.3 is 11.4 Å². The van der Waals surface area contributed by atoms with Crippen LogP contribution in [0.4, 0.5) is 0 Å². The maximum absolute atomic E-state index is 12.4. The van der Waals surface area contributed by atoms with Crippen LogP contribution in [-0.4, -0.2) is 25.6 Å². The Morgan fingerprint density at radius 1 is 0.857 bits per heavy atom. The van der Waals surface area contributed by atoms with Gasteiger partial charge in [0, 0.05) is 11.8 Å². The van der Waals surface area contributed by atoms with Crippen molar-refractivity contribution in [3.63, 3.8) is 0 Å². The van der Waals surface area contributed by atoms with Crippen LogP contribution in [0.25, 0.3) is 0 Å². The van der Waals surface area contributed by atoms with E-state index in [0.717, 1.165) is 38.5 Å². The molecule has 1 aliphatic carbocycles. The van der Waals surface area contributed by atoms with Gasteiger partial charge in [-0.2, -0.15) is 4.21 Å². The van der Waals surface area contributed by atoms with E-state index in [1.807, 2.05) is 0 Å². The summed E-state index contributed by atoms with van der Waals surface area (Å²) in [5, 5.41) is 0.566. The molecule has 1 heterocycles. The Morgan fingerprint density at radius 2 is 1.29 bits per heavy atom. The molecule has 120 valence electrons. The van der Waals surface area contributed by atoms with E-state index in [1.54, 1.807) is 0 Å². The summed E-state index contributed by atoms with van der Waals surface area (Å²) >= 11 is -2.66. The molecule has 2 aliphatic rings. The van der Waals surface area contributed by atoms with Crippen molar-refractivity contribution < 1.29 is 22.6 Å². The lowest BCUT2D eigenvalue weighted by Gasteiger charge is -2.20. The number of carbonyl (C=O) groups is 2. The van der Waals surface area contributed by atoms with E-state index < -0.39 is 23.2 Å². The van der Waals surface area contributed by atoms with E-state index in [9.17, 15) is 13.8 Å². The molecule has 1 N–H and O–H groups in total. The maximum Gasteiger partial charge on any atom is 0.325 e. The van der Waals surface area contributed by atoms with Crippen molar-refractivity contribution >= 4 is 23.2 Å². The molecule has 2 unspecified atom stereocenters. The van der Waals surface area contributed by atoms with Crippen LogP contribution < -0.4 is 0 Å². The molecule has 1 aliphatic heterocycles. The summed E-state index contributed by atoms with van der Waals surface area (Å²) in [6.07, 6.45) is 9.17. The second kappa shape index (κ2) is 8.00. The van der Waals surface area contributed by atoms with Crippen LogP contribution in [0.2, 0.25) is 0 Å². The second-order valence-corrected chi connectivity index (χ2v) is 6.52. The summed E-state index contributed by atoms with van der Waals surface area (Å²) in [6, 6.07) is 0. The van der Waals surface area contributed by atoms with E-state index in [4.69, 9.17) is 4.55 Å². The minimum Gasteiger partial charge on any atom is -0.282 e. The van der Waals surface area contributed by atoms with E-state index in [1.165, 1.54) is 12.8 Å². The average molecular weight is 317 g/mol. The molecule has 0 spiro atoms. The van der Waals surface area contributed by atoms with Crippen LogP contribution in [0.15, 0.2) is 0 Å². The van der Waals surface area contributed by atoms with Crippen LogP contribution in [0.5, 0.6) is 0 Å². The van der Waals surface area contributed by atoms with Gasteiger partial charge in [-0.3, -0.25) is 14.1 Å². The van der Waals surface area contributed by atoms with Crippen LogP contribution in [-0.2, 0) is 25.2 Å². The van der Waals surface area contributed by atoms with Gasteiger partial charge in [0.1, 0.15) is 0 Å². The number of amides is 2. The summed E-state index contributed by atoms with van der Waals surface area (Å²) < 4.78 is 24.3. The number of imide groups is 1. The maximum atomic E-state index is 12.4. The first kappa shape index (κ1) is 16.6. The first-order valence-corrected chi connectivity index (χ1v) is 8.80. The summed E-state index contributed by atoms with van der Waals surface area (Å²) in [6.45, 7) is 0. The van der Waals surface area contributed by atoms with Crippen LogP contribution in [0, 0.1) is 11.8 Å². The number of carbonyl (C=O) groups excluding carboxylic acids is 2. The first-order chi connectivity index (χ1) is 10.1. The van der Waals surface area contributed by atoms with Crippen molar-refractivity contribution in [2.45, 2.75) is 64.2 Å². The van der Waals surface area contributed by atoms with Gasteiger partial charge in [0.05, 0.1) is 0 Å². The largest absolute Gasteiger partial charge is 0.325 e.